The van der Waals surface area contributed by atoms with Gasteiger partial charge in [0.05, 0.1) is 17.6 Å². The molecule has 1 fully saturated rings. The number of aryl methyl sites for hydroxylation is 1. The number of carbonyl (C=O) groups excluding carboxylic acids is 1. The normalized spacial score (nSPS) is 32.3. The van der Waals surface area contributed by atoms with Gasteiger partial charge in [0, 0.05) is 27.1 Å². The van der Waals surface area contributed by atoms with Crippen LogP contribution in [0.3, 0.4) is 0 Å². The van der Waals surface area contributed by atoms with E-state index in [0.717, 1.165) is 0 Å². The molecule has 1 saturated carbocycles. The number of nitrogens with zero attached hydrogens (tertiary/aromatic N) is 5. The summed E-state index contributed by atoms with van der Waals surface area (Å²) in [6, 6.07) is 10.7. The topological polar surface area (TPSA) is 135 Å². The quantitative estimate of drug-likeness (QED) is 0.692. The van der Waals surface area contributed by atoms with Crippen LogP contribution in [0.25, 0.3) is 0 Å². The van der Waals surface area contributed by atoms with Crippen molar-refractivity contribution in [3.63, 3.8) is 0 Å². The van der Waals surface area contributed by atoms with Gasteiger partial charge in [-0.25, -0.2) is 0 Å². The molecule has 2 aromatic rings. The van der Waals surface area contributed by atoms with Crippen LogP contribution in [0.15, 0.2) is 48.6 Å². The van der Waals surface area contributed by atoms with Gasteiger partial charge in [-0.15, -0.1) is 0 Å². The second-order valence-electron chi connectivity index (χ2n) is 9.50. The maximum absolute atomic E-state index is 13.5. The summed E-state index contributed by atoms with van der Waals surface area (Å²) < 4.78 is 7.90. The Kier molecular flexibility index (Phi) is 5.10. The second-order valence-corrected chi connectivity index (χ2v) is 9.50. The molecule has 1 unspecified atom stereocenters. The van der Waals surface area contributed by atoms with E-state index in [-0.39, 0.29) is 29.0 Å². The maximum atomic E-state index is 13.5. The predicted molar refractivity (Wildman–Crippen MR) is 123 cm³/mol. The summed E-state index contributed by atoms with van der Waals surface area (Å²) in [6.45, 7) is 0. The zero-order valence-corrected chi connectivity index (χ0v) is 19.6. The summed E-state index contributed by atoms with van der Waals surface area (Å²) >= 11 is 0. The van der Waals surface area contributed by atoms with Crippen LogP contribution in [-0.2, 0) is 23.0 Å². The monoisotopic (exact) mass is 471 g/mol. The molecule has 6 atom stereocenters. The number of fused-ring (bicyclic) bond motifs is 3. The molecule has 2 N–H and O–H groups in total. The molecule has 1 aromatic carbocycles. The van der Waals surface area contributed by atoms with Crippen LogP contribution in [0.5, 0.6) is 5.75 Å². The first-order valence-electron chi connectivity index (χ1n) is 11.3. The zero-order chi connectivity index (χ0) is 25.1. The van der Waals surface area contributed by atoms with Crippen molar-refractivity contribution in [2.45, 2.75) is 23.7 Å². The van der Waals surface area contributed by atoms with Crippen molar-refractivity contribution in [1.82, 2.24) is 14.7 Å². The molecule has 2 heterocycles. The molecule has 178 valence electrons. The van der Waals surface area contributed by atoms with Crippen LogP contribution >= 0.6 is 0 Å². The smallest absolute Gasteiger partial charge is 0.228 e. The van der Waals surface area contributed by atoms with Crippen LogP contribution in [0.1, 0.15) is 28.9 Å². The number of rotatable bonds is 3. The lowest BCUT2D eigenvalue weighted by Crippen LogP contribution is -2.54. The summed E-state index contributed by atoms with van der Waals surface area (Å²) in [5.74, 6) is -2.25. The molecule has 0 saturated heterocycles. The predicted octanol–water partition coefficient (Wildman–Crippen LogP) is 1.47. The summed E-state index contributed by atoms with van der Waals surface area (Å²) in [7, 11) is 4.77. The average molecular weight is 472 g/mol. The molecule has 35 heavy (non-hydrogen) atoms. The Labute approximate surface area is 202 Å². The highest BCUT2D eigenvalue weighted by molar-refractivity contribution is 5.81. The van der Waals surface area contributed by atoms with Crippen LogP contribution < -0.4 is 4.74 Å². The summed E-state index contributed by atoms with van der Waals surface area (Å²) in [5, 5.41) is 47.8. The Morgan fingerprint density at radius 3 is 2.51 bits per heavy atom. The lowest BCUT2D eigenvalue weighted by Gasteiger charge is -2.43. The van der Waals surface area contributed by atoms with Crippen molar-refractivity contribution in [3.05, 3.63) is 71.1 Å². The first-order chi connectivity index (χ1) is 16.7. The van der Waals surface area contributed by atoms with Gasteiger partial charge in [0.2, 0.25) is 5.91 Å². The van der Waals surface area contributed by atoms with Gasteiger partial charge in [0.15, 0.2) is 22.6 Å². The molecule has 5 rings (SSSR count). The van der Waals surface area contributed by atoms with Crippen LogP contribution in [0, 0.1) is 40.4 Å². The Morgan fingerprint density at radius 2 is 1.94 bits per heavy atom. The number of aliphatic hydroxyl groups is 2. The Hall–Kier alpha value is -3.92. The van der Waals surface area contributed by atoms with Crippen molar-refractivity contribution < 1.29 is 19.7 Å². The zero-order valence-electron chi connectivity index (χ0n) is 19.6. The first kappa shape index (κ1) is 22.9. The Morgan fingerprint density at radius 1 is 1.23 bits per heavy atom. The maximum Gasteiger partial charge on any atom is 0.228 e. The van der Waals surface area contributed by atoms with Crippen molar-refractivity contribution in [3.8, 4) is 17.9 Å². The van der Waals surface area contributed by atoms with Gasteiger partial charge < -0.3 is 19.8 Å². The van der Waals surface area contributed by atoms with Crippen molar-refractivity contribution in [2.24, 2.45) is 24.8 Å². The van der Waals surface area contributed by atoms with E-state index in [9.17, 15) is 25.5 Å². The van der Waals surface area contributed by atoms with Gasteiger partial charge in [-0.1, -0.05) is 36.4 Å². The fourth-order valence-electron chi connectivity index (χ4n) is 6.06. The van der Waals surface area contributed by atoms with E-state index in [1.807, 2.05) is 24.3 Å². The SMILES string of the molecule is CN(C)C(=O)[C@H]1[C@@H](O)[C@@]2(O)c3nn(C)c(C#N)c3O[C@@]2(c2ccc(C#N)cc2)[C@@H]1C1C=CC=CC1. The standard InChI is InChI=1S/C26H25N5O4/c1-30(2)24(33)19-20(16-7-5-4-6-8-16)26(17-11-9-15(13-27)10-12-17)25(34,23(19)32)22-21(35-26)18(14-28)31(3)29-22/h4-7,9-12,16,19-20,23,32,34H,8H2,1-3H3/t16?,19-,20-,23-,25+,26+/m1/s1. The van der Waals surface area contributed by atoms with E-state index in [2.05, 4.69) is 17.2 Å². The average Bonchev–Trinajstić information content (AvgIpc) is 3.39. The minimum Gasteiger partial charge on any atom is -0.473 e. The molecule has 0 radical (unpaired) electrons. The molecule has 0 spiro atoms. The lowest BCUT2D eigenvalue weighted by molar-refractivity contribution is -0.164. The highest BCUT2D eigenvalue weighted by Gasteiger charge is 2.79. The van der Waals surface area contributed by atoms with Crippen LogP contribution in [-0.4, -0.2) is 51.0 Å². The molecule has 1 aromatic heterocycles. The van der Waals surface area contributed by atoms with Crippen molar-refractivity contribution in [2.75, 3.05) is 14.1 Å². The number of ether oxygens (including phenoxy) is 1. The highest BCUT2D eigenvalue weighted by Crippen LogP contribution is 2.68. The lowest BCUT2D eigenvalue weighted by atomic mass is 9.67. The van der Waals surface area contributed by atoms with E-state index in [1.165, 1.54) is 9.58 Å². The third kappa shape index (κ3) is 2.80. The van der Waals surface area contributed by atoms with E-state index in [0.29, 0.717) is 17.5 Å². The van der Waals surface area contributed by atoms with Crippen LogP contribution in [0.2, 0.25) is 0 Å². The van der Waals surface area contributed by atoms with Gasteiger partial charge >= 0.3 is 0 Å². The molecule has 3 aliphatic rings. The molecule has 1 amide bonds. The van der Waals surface area contributed by atoms with E-state index in [4.69, 9.17) is 4.74 Å². The van der Waals surface area contributed by atoms with Crippen LogP contribution in [0.4, 0.5) is 0 Å². The number of carbonyl (C=O) groups is 1. The van der Waals surface area contributed by atoms with Gasteiger partial charge in [-0.3, -0.25) is 9.48 Å². The number of amides is 1. The van der Waals surface area contributed by atoms with Gasteiger partial charge in [-0.2, -0.15) is 15.6 Å². The van der Waals surface area contributed by atoms with Gasteiger partial charge in [-0.05, 0) is 30.0 Å². The molecule has 1 aliphatic heterocycles. The fraction of sp³-hybridized carbons (Fsp3) is 0.385. The van der Waals surface area contributed by atoms with E-state index in [1.54, 1.807) is 45.4 Å². The minimum atomic E-state index is -2.13. The number of hydrogen-bond acceptors (Lipinski definition) is 7. The summed E-state index contributed by atoms with van der Waals surface area (Å²) in [6.07, 6.45) is 6.71. The number of hydrogen-bond donors (Lipinski definition) is 2. The number of aromatic nitrogens is 2. The Balaban J connectivity index is 1.84. The first-order valence-corrected chi connectivity index (χ1v) is 11.3. The van der Waals surface area contributed by atoms with E-state index < -0.39 is 29.1 Å². The third-order valence-corrected chi connectivity index (χ3v) is 7.57. The summed E-state index contributed by atoms with van der Waals surface area (Å²) in [5.41, 5.74) is -2.71. The summed E-state index contributed by atoms with van der Waals surface area (Å²) in [4.78, 5) is 14.9. The molecule has 2 aliphatic carbocycles. The second kappa shape index (κ2) is 7.81. The molecule has 9 heteroatoms. The molecular weight excluding hydrogens is 446 g/mol. The van der Waals surface area contributed by atoms with E-state index >= 15 is 0 Å². The molecule has 0 bridgehead atoms. The number of aliphatic hydroxyl groups excluding tert-OH is 1. The largest absolute Gasteiger partial charge is 0.473 e. The Bertz CT molecular complexity index is 1350. The van der Waals surface area contributed by atoms with Crippen molar-refractivity contribution >= 4 is 5.91 Å². The molecular formula is C26H25N5O4. The minimum absolute atomic E-state index is 0.0304. The number of allylic oxidation sites excluding steroid dienone is 4. The number of benzene rings is 1. The fourth-order valence-corrected chi connectivity index (χ4v) is 6.06. The van der Waals surface area contributed by atoms with Crippen molar-refractivity contribution in [1.29, 1.82) is 10.5 Å². The third-order valence-electron chi connectivity index (χ3n) is 7.57. The highest BCUT2D eigenvalue weighted by atomic mass is 16.5. The van der Waals surface area contributed by atoms with Gasteiger partial charge in [0.1, 0.15) is 17.9 Å². The molecule has 9 nitrogen and oxygen atoms in total. The number of nitriles is 2. The van der Waals surface area contributed by atoms with Gasteiger partial charge in [0.25, 0.3) is 0 Å².